The minimum absolute atomic E-state index is 0.0992. The second-order valence-corrected chi connectivity index (χ2v) is 6.22. The van der Waals surface area contributed by atoms with Crippen molar-refractivity contribution in [1.82, 2.24) is 0 Å². The van der Waals surface area contributed by atoms with E-state index in [-0.39, 0.29) is 18.1 Å². The van der Waals surface area contributed by atoms with Gasteiger partial charge in [-0.2, -0.15) is 0 Å². The summed E-state index contributed by atoms with van der Waals surface area (Å²) < 4.78 is 36.8. The first-order chi connectivity index (χ1) is 8.29. The van der Waals surface area contributed by atoms with Crippen LogP contribution in [0.1, 0.15) is 6.42 Å². The van der Waals surface area contributed by atoms with Crippen LogP contribution in [0.4, 0.5) is 10.1 Å². The molecule has 0 unspecified atom stereocenters. The largest absolute Gasteiger partial charge is 0.291 e. The average Bonchev–Trinajstić information content (AvgIpc) is 2.29. The van der Waals surface area contributed by atoms with Gasteiger partial charge in [0.1, 0.15) is 10.7 Å². The van der Waals surface area contributed by atoms with E-state index in [4.69, 9.17) is 23.2 Å². The number of nitrogens with zero attached hydrogens (tertiary/aromatic N) is 1. The van der Waals surface area contributed by atoms with Crippen LogP contribution in [0.2, 0.25) is 5.02 Å². The number of alkyl halides is 1. The van der Waals surface area contributed by atoms with E-state index in [1.165, 1.54) is 0 Å². The molecule has 0 spiro atoms. The van der Waals surface area contributed by atoms with Crippen LogP contribution in [-0.4, -0.2) is 25.0 Å². The number of benzene rings is 1. The zero-order chi connectivity index (χ0) is 13.9. The van der Waals surface area contributed by atoms with Crippen molar-refractivity contribution in [3.8, 4) is 0 Å². The van der Waals surface area contributed by atoms with Gasteiger partial charge >= 0.3 is 0 Å². The Bertz CT molecular complexity index is 576. The van der Waals surface area contributed by atoms with E-state index in [0.29, 0.717) is 6.07 Å². The molecule has 0 bridgehead atoms. The van der Waals surface area contributed by atoms with Crippen molar-refractivity contribution in [3.63, 3.8) is 0 Å². The highest BCUT2D eigenvalue weighted by Gasteiger charge is 2.27. The number of nitro benzene ring substituents is 1. The molecule has 1 aromatic carbocycles. The Hall–Kier alpha value is -0.920. The molecule has 0 atom stereocenters. The summed E-state index contributed by atoms with van der Waals surface area (Å²) in [5, 5.41) is 10.2. The van der Waals surface area contributed by atoms with Crippen LogP contribution in [0.3, 0.4) is 0 Å². The molecule has 0 N–H and O–H groups in total. The van der Waals surface area contributed by atoms with E-state index in [1.54, 1.807) is 0 Å². The van der Waals surface area contributed by atoms with E-state index in [0.717, 1.165) is 6.07 Å². The van der Waals surface area contributed by atoms with Crippen LogP contribution >= 0.6 is 23.2 Å². The molecule has 0 aliphatic carbocycles. The third-order valence-corrected chi connectivity index (χ3v) is 4.46. The van der Waals surface area contributed by atoms with Crippen molar-refractivity contribution in [2.45, 2.75) is 11.3 Å². The molecular weight excluding hydrogens is 308 g/mol. The third kappa shape index (κ3) is 3.30. The molecule has 1 aromatic rings. The normalized spacial score (nSPS) is 11.5. The molecule has 0 aliphatic heterocycles. The highest BCUT2D eigenvalue weighted by Crippen LogP contribution is 2.30. The molecule has 0 amide bonds. The van der Waals surface area contributed by atoms with Crippen molar-refractivity contribution < 1.29 is 17.7 Å². The Morgan fingerprint density at radius 2 is 2.00 bits per heavy atom. The Morgan fingerprint density at radius 1 is 1.39 bits per heavy atom. The van der Waals surface area contributed by atoms with Crippen molar-refractivity contribution in [3.05, 3.63) is 33.1 Å². The summed E-state index contributed by atoms with van der Waals surface area (Å²) in [6, 6.07) is 1.24. The van der Waals surface area contributed by atoms with Crippen LogP contribution in [0.15, 0.2) is 17.0 Å². The highest BCUT2D eigenvalue weighted by molar-refractivity contribution is 7.91. The van der Waals surface area contributed by atoms with Crippen molar-refractivity contribution in [1.29, 1.82) is 0 Å². The zero-order valence-corrected chi connectivity index (χ0v) is 11.2. The molecule has 5 nitrogen and oxygen atoms in total. The molecule has 0 fully saturated rings. The van der Waals surface area contributed by atoms with Crippen LogP contribution < -0.4 is 0 Å². The lowest BCUT2D eigenvalue weighted by Gasteiger charge is -2.05. The van der Waals surface area contributed by atoms with Crippen molar-refractivity contribution in [2.75, 3.05) is 11.6 Å². The molecule has 0 heterocycles. The fourth-order valence-electron chi connectivity index (χ4n) is 1.26. The average molecular weight is 316 g/mol. The number of nitro groups is 1. The number of rotatable bonds is 5. The van der Waals surface area contributed by atoms with E-state index in [9.17, 15) is 22.9 Å². The van der Waals surface area contributed by atoms with Gasteiger partial charge in [-0.05, 0) is 12.5 Å². The summed E-state index contributed by atoms with van der Waals surface area (Å²) in [5.74, 6) is -1.30. The van der Waals surface area contributed by atoms with Gasteiger partial charge in [-0.25, -0.2) is 12.8 Å². The summed E-state index contributed by atoms with van der Waals surface area (Å²) in [4.78, 5) is 9.15. The summed E-state index contributed by atoms with van der Waals surface area (Å²) in [5.41, 5.74) is -0.827. The van der Waals surface area contributed by atoms with Crippen LogP contribution in [0, 0.1) is 15.9 Å². The SMILES string of the molecule is O=[N+]([O-])c1cc(F)c(Cl)cc1S(=O)(=O)CCCCl. The lowest BCUT2D eigenvalue weighted by Crippen LogP contribution is -2.10. The highest BCUT2D eigenvalue weighted by atomic mass is 35.5. The summed E-state index contributed by atoms with van der Waals surface area (Å²) in [7, 11) is -3.91. The monoisotopic (exact) mass is 315 g/mol. The predicted molar refractivity (Wildman–Crippen MR) is 65.5 cm³/mol. The van der Waals surface area contributed by atoms with Gasteiger partial charge in [0.2, 0.25) is 0 Å². The lowest BCUT2D eigenvalue weighted by atomic mass is 10.3. The Labute approximate surface area is 113 Å². The lowest BCUT2D eigenvalue weighted by molar-refractivity contribution is -0.388. The maximum Gasteiger partial charge on any atom is 0.291 e. The Balaban J connectivity index is 3.39. The minimum atomic E-state index is -3.91. The molecule has 0 aromatic heterocycles. The van der Waals surface area contributed by atoms with Gasteiger partial charge < -0.3 is 0 Å². The molecule has 9 heteroatoms. The first kappa shape index (κ1) is 15.1. The van der Waals surface area contributed by atoms with Gasteiger partial charge in [0.25, 0.3) is 5.69 Å². The molecular formula is C9H8Cl2FNO4S. The minimum Gasteiger partial charge on any atom is -0.258 e. The van der Waals surface area contributed by atoms with E-state index in [1.807, 2.05) is 0 Å². The Morgan fingerprint density at radius 3 is 2.50 bits per heavy atom. The van der Waals surface area contributed by atoms with Gasteiger partial charge in [-0.3, -0.25) is 10.1 Å². The Kier molecular flexibility index (Phi) is 4.89. The maximum atomic E-state index is 13.1. The molecule has 1 rings (SSSR count). The third-order valence-electron chi connectivity index (χ3n) is 2.08. The van der Waals surface area contributed by atoms with Gasteiger partial charge in [0.15, 0.2) is 9.84 Å². The molecule has 18 heavy (non-hydrogen) atoms. The summed E-state index contributed by atoms with van der Waals surface area (Å²) in [6.07, 6.45) is 0.135. The molecule has 0 saturated heterocycles. The first-order valence-corrected chi connectivity index (χ1v) is 7.28. The van der Waals surface area contributed by atoms with Gasteiger partial charge in [-0.15, -0.1) is 11.6 Å². The van der Waals surface area contributed by atoms with Crippen molar-refractivity contribution in [2.24, 2.45) is 0 Å². The number of sulfone groups is 1. The molecule has 0 radical (unpaired) electrons. The topological polar surface area (TPSA) is 77.3 Å². The van der Waals surface area contributed by atoms with E-state index >= 15 is 0 Å². The number of hydrogen-bond donors (Lipinski definition) is 0. The number of hydrogen-bond acceptors (Lipinski definition) is 4. The molecule has 0 saturated carbocycles. The summed E-state index contributed by atoms with van der Waals surface area (Å²) >= 11 is 10.8. The van der Waals surface area contributed by atoms with E-state index in [2.05, 4.69) is 0 Å². The van der Waals surface area contributed by atoms with Crippen LogP contribution in [0.25, 0.3) is 0 Å². The fourth-order valence-corrected chi connectivity index (χ4v) is 3.28. The maximum absolute atomic E-state index is 13.1. The molecule has 0 aliphatic rings. The smallest absolute Gasteiger partial charge is 0.258 e. The molecule has 100 valence electrons. The predicted octanol–water partition coefficient (Wildman–Crippen LogP) is 2.79. The fraction of sp³-hybridized carbons (Fsp3) is 0.333. The zero-order valence-electron chi connectivity index (χ0n) is 8.90. The van der Waals surface area contributed by atoms with Gasteiger partial charge in [0.05, 0.1) is 21.8 Å². The van der Waals surface area contributed by atoms with Crippen LogP contribution in [-0.2, 0) is 9.84 Å². The second-order valence-electron chi connectivity index (χ2n) is 3.35. The van der Waals surface area contributed by atoms with Gasteiger partial charge in [-0.1, -0.05) is 11.6 Å². The first-order valence-electron chi connectivity index (χ1n) is 4.71. The number of halogens is 3. The van der Waals surface area contributed by atoms with Crippen molar-refractivity contribution >= 4 is 38.7 Å². The second kappa shape index (κ2) is 5.81. The van der Waals surface area contributed by atoms with Gasteiger partial charge in [0, 0.05) is 5.88 Å². The van der Waals surface area contributed by atoms with E-state index < -0.39 is 36.2 Å². The quantitative estimate of drug-likeness (QED) is 0.362. The summed E-state index contributed by atoms with van der Waals surface area (Å²) in [6.45, 7) is 0. The standard InChI is InChI=1S/C9H8Cl2FNO4S/c10-2-1-3-18(16,17)9-4-6(11)7(12)5-8(9)13(14)15/h4-5H,1-3H2. The van der Waals surface area contributed by atoms with Crippen LogP contribution in [0.5, 0.6) is 0 Å².